The van der Waals surface area contributed by atoms with Gasteiger partial charge in [-0.15, -0.1) is 0 Å². The molecule has 122 valence electrons. The Morgan fingerprint density at radius 1 is 1.32 bits per heavy atom. The molecule has 2 N–H and O–H groups in total. The van der Waals surface area contributed by atoms with Crippen molar-refractivity contribution in [3.05, 3.63) is 35.1 Å². The highest BCUT2D eigenvalue weighted by molar-refractivity contribution is 7.84. The van der Waals surface area contributed by atoms with Crippen LogP contribution in [-0.2, 0) is 17.4 Å². The van der Waals surface area contributed by atoms with Gasteiger partial charge in [-0.3, -0.25) is 0 Å². The number of fused-ring (bicyclic) bond motifs is 1. The first-order valence-corrected chi connectivity index (χ1v) is 9.14. The molecule has 0 amide bonds. The Balaban J connectivity index is 1.97. The van der Waals surface area contributed by atoms with Crippen molar-refractivity contribution in [3.63, 3.8) is 0 Å². The van der Waals surface area contributed by atoms with Gasteiger partial charge >= 0.3 is 0 Å². The predicted octanol–water partition coefficient (Wildman–Crippen LogP) is 2.84. The normalized spacial score (nSPS) is 25.2. The minimum absolute atomic E-state index is 0.0274. The lowest BCUT2D eigenvalue weighted by molar-refractivity contribution is 0.164. The van der Waals surface area contributed by atoms with Gasteiger partial charge in [0.15, 0.2) is 0 Å². The lowest BCUT2D eigenvalue weighted by atomic mass is 9.73. The number of benzene rings is 1. The summed E-state index contributed by atoms with van der Waals surface area (Å²) in [6.45, 7) is 7.83. The average molecular weight is 324 g/mol. The molecule has 1 fully saturated rings. The van der Waals surface area contributed by atoms with Gasteiger partial charge in [-0.1, -0.05) is 6.07 Å². The Bertz CT molecular complexity index is 591. The molecule has 22 heavy (non-hydrogen) atoms. The molecule has 1 aliphatic carbocycles. The summed E-state index contributed by atoms with van der Waals surface area (Å²) >= 11 is 0. The minimum atomic E-state index is -1.16. The summed E-state index contributed by atoms with van der Waals surface area (Å²) in [5.41, 5.74) is 2.26. The zero-order valence-corrected chi connectivity index (χ0v) is 14.4. The van der Waals surface area contributed by atoms with Crippen molar-refractivity contribution in [2.24, 2.45) is 5.41 Å². The van der Waals surface area contributed by atoms with Crippen LogP contribution >= 0.6 is 0 Å². The molecule has 2 aliphatic rings. The topological polar surface area (TPSA) is 41.1 Å². The van der Waals surface area contributed by atoms with Crippen LogP contribution in [-0.4, -0.2) is 22.0 Å². The predicted molar refractivity (Wildman–Crippen MR) is 88.4 cm³/mol. The molecule has 1 aromatic rings. The zero-order valence-electron chi connectivity index (χ0n) is 13.5. The molecule has 1 heterocycles. The second-order valence-corrected chi connectivity index (χ2v) is 9.56. The molecule has 0 bridgehead atoms. The Kier molecular flexibility index (Phi) is 4.16. The first-order chi connectivity index (χ1) is 10.3. The van der Waals surface area contributed by atoms with E-state index in [-0.39, 0.29) is 22.0 Å². The molecule has 5 heteroatoms. The Morgan fingerprint density at radius 3 is 2.64 bits per heavy atom. The molecule has 0 radical (unpaired) electrons. The van der Waals surface area contributed by atoms with E-state index in [1.165, 1.54) is 11.6 Å². The summed E-state index contributed by atoms with van der Waals surface area (Å²) in [5, 5.41) is 3.40. The second kappa shape index (κ2) is 5.69. The van der Waals surface area contributed by atoms with Crippen LogP contribution in [0.2, 0.25) is 0 Å². The van der Waals surface area contributed by atoms with E-state index in [4.69, 9.17) is 0 Å². The van der Waals surface area contributed by atoms with Gasteiger partial charge in [-0.25, -0.2) is 13.3 Å². The highest BCUT2D eigenvalue weighted by Crippen LogP contribution is 2.51. The van der Waals surface area contributed by atoms with E-state index in [1.54, 1.807) is 6.07 Å². The standard InChI is InChI=1S/C17H25FN2OS/c1-16(2,3)22(21)20-15-14-10-13(18)5-4-12(14)11-17(15)6-8-19-9-7-17/h4-5,10,15,19-20H,6-9,11H2,1-3H3/t15-,22?/m1/s1. The molecule has 2 atom stereocenters. The largest absolute Gasteiger partial charge is 0.317 e. The van der Waals surface area contributed by atoms with E-state index >= 15 is 0 Å². The summed E-state index contributed by atoms with van der Waals surface area (Å²) in [6, 6.07) is 5.04. The fourth-order valence-electron chi connectivity index (χ4n) is 3.67. The zero-order chi connectivity index (χ0) is 16.0. The highest BCUT2D eigenvalue weighted by Gasteiger charge is 2.47. The smallest absolute Gasteiger partial charge is 0.123 e. The number of rotatable bonds is 2. The lowest BCUT2D eigenvalue weighted by Crippen LogP contribution is -2.46. The maximum absolute atomic E-state index is 13.7. The Morgan fingerprint density at radius 2 is 2.00 bits per heavy atom. The SMILES string of the molecule is CC(C)(C)S(=O)N[C@@H]1c2cc(F)ccc2CC12CCNCC2. The molecule has 1 unspecified atom stereocenters. The third kappa shape index (κ3) is 2.86. The number of nitrogens with one attached hydrogen (secondary N) is 2. The van der Waals surface area contributed by atoms with E-state index in [0.717, 1.165) is 37.9 Å². The van der Waals surface area contributed by atoms with Crippen molar-refractivity contribution in [1.29, 1.82) is 0 Å². The Labute approximate surface area is 134 Å². The van der Waals surface area contributed by atoms with Crippen molar-refractivity contribution in [1.82, 2.24) is 10.0 Å². The molecular weight excluding hydrogens is 299 g/mol. The van der Waals surface area contributed by atoms with Gasteiger partial charge in [-0.2, -0.15) is 0 Å². The molecule has 1 aliphatic heterocycles. The van der Waals surface area contributed by atoms with Crippen LogP contribution in [0.1, 0.15) is 50.8 Å². The van der Waals surface area contributed by atoms with Gasteiger partial charge < -0.3 is 5.32 Å². The van der Waals surface area contributed by atoms with Crippen LogP contribution in [0.25, 0.3) is 0 Å². The molecule has 3 rings (SSSR count). The van der Waals surface area contributed by atoms with Gasteiger partial charge in [-0.05, 0) is 81.8 Å². The third-order valence-corrected chi connectivity index (χ3v) is 6.52. The van der Waals surface area contributed by atoms with Crippen LogP contribution in [0.5, 0.6) is 0 Å². The van der Waals surface area contributed by atoms with Crippen LogP contribution in [0.4, 0.5) is 4.39 Å². The molecule has 1 saturated heterocycles. The van der Waals surface area contributed by atoms with Crippen molar-refractivity contribution >= 4 is 11.0 Å². The van der Waals surface area contributed by atoms with Gasteiger partial charge in [0.1, 0.15) is 5.82 Å². The van der Waals surface area contributed by atoms with E-state index < -0.39 is 11.0 Å². The van der Waals surface area contributed by atoms with Crippen LogP contribution in [0.3, 0.4) is 0 Å². The molecule has 0 aromatic heterocycles. The Hall–Kier alpha value is -0.780. The quantitative estimate of drug-likeness (QED) is 0.878. The monoisotopic (exact) mass is 324 g/mol. The number of halogens is 1. The first-order valence-electron chi connectivity index (χ1n) is 7.99. The van der Waals surface area contributed by atoms with E-state index in [2.05, 4.69) is 10.0 Å². The minimum Gasteiger partial charge on any atom is -0.317 e. The van der Waals surface area contributed by atoms with Crippen molar-refractivity contribution in [2.45, 2.75) is 50.8 Å². The van der Waals surface area contributed by atoms with Crippen molar-refractivity contribution in [3.8, 4) is 0 Å². The summed E-state index contributed by atoms with van der Waals surface area (Å²) < 4.78 is 29.4. The third-order valence-electron chi connectivity index (χ3n) is 4.95. The summed E-state index contributed by atoms with van der Waals surface area (Å²) in [4.78, 5) is 0. The summed E-state index contributed by atoms with van der Waals surface area (Å²) in [5.74, 6) is -0.210. The van der Waals surface area contributed by atoms with Gasteiger partial charge in [0.2, 0.25) is 0 Å². The van der Waals surface area contributed by atoms with Gasteiger partial charge in [0, 0.05) is 0 Å². The van der Waals surface area contributed by atoms with E-state index in [1.807, 2.05) is 26.8 Å². The van der Waals surface area contributed by atoms with Gasteiger partial charge in [0.05, 0.1) is 21.8 Å². The number of piperidine rings is 1. The molecule has 1 aromatic carbocycles. The van der Waals surface area contributed by atoms with Crippen LogP contribution in [0.15, 0.2) is 18.2 Å². The number of hydrogen-bond acceptors (Lipinski definition) is 2. The molecular formula is C17H25FN2OS. The van der Waals surface area contributed by atoms with Crippen molar-refractivity contribution in [2.75, 3.05) is 13.1 Å². The summed E-state index contributed by atoms with van der Waals surface area (Å²) in [7, 11) is -1.16. The average Bonchev–Trinajstić information content (AvgIpc) is 2.72. The molecule has 0 saturated carbocycles. The fourth-order valence-corrected chi connectivity index (χ4v) is 4.61. The molecule has 3 nitrogen and oxygen atoms in total. The summed E-state index contributed by atoms with van der Waals surface area (Å²) in [6.07, 6.45) is 3.01. The first kappa shape index (κ1) is 16.1. The molecule has 1 spiro atoms. The second-order valence-electron chi connectivity index (χ2n) is 7.56. The van der Waals surface area contributed by atoms with Gasteiger partial charge in [0.25, 0.3) is 0 Å². The van der Waals surface area contributed by atoms with Crippen molar-refractivity contribution < 1.29 is 8.60 Å². The lowest BCUT2D eigenvalue weighted by Gasteiger charge is -2.40. The van der Waals surface area contributed by atoms with Crippen LogP contribution < -0.4 is 10.0 Å². The number of hydrogen-bond donors (Lipinski definition) is 2. The maximum atomic E-state index is 13.7. The fraction of sp³-hybridized carbons (Fsp3) is 0.647. The van der Waals surface area contributed by atoms with E-state index in [0.29, 0.717) is 0 Å². The maximum Gasteiger partial charge on any atom is 0.123 e. The van der Waals surface area contributed by atoms with E-state index in [9.17, 15) is 8.60 Å². The highest BCUT2D eigenvalue weighted by atomic mass is 32.2. The van der Waals surface area contributed by atoms with Crippen LogP contribution in [0, 0.1) is 11.2 Å².